The molecule has 0 aliphatic rings. The van der Waals surface area contributed by atoms with Gasteiger partial charge in [0.25, 0.3) is 0 Å². The Labute approximate surface area is 168 Å². The molecule has 2 aromatic carbocycles. The SMILES string of the molecule is Cc1ccccc1N=Cc1ccc(C=Nc2ccccc2C)[n-]1.[Cl][Fe+][Cl]. The van der Waals surface area contributed by atoms with Crippen LogP contribution in [-0.4, -0.2) is 12.4 Å². The fourth-order valence-electron chi connectivity index (χ4n) is 2.23. The summed E-state index contributed by atoms with van der Waals surface area (Å²) in [4.78, 5) is 13.5. The van der Waals surface area contributed by atoms with Crippen LogP contribution in [0.2, 0.25) is 0 Å². The van der Waals surface area contributed by atoms with E-state index in [2.05, 4.69) is 15.0 Å². The monoisotopic (exact) mass is 426 g/mol. The molecule has 135 valence electrons. The van der Waals surface area contributed by atoms with Gasteiger partial charge in [-0.25, -0.2) is 0 Å². The maximum atomic E-state index is 4.76. The molecule has 0 saturated carbocycles. The predicted molar refractivity (Wildman–Crippen MR) is 108 cm³/mol. The van der Waals surface area contributed by atoms with E-state index in [4.69, 9.17) is 20.2 Å². The third-order valence-corrected chi connectivity index (χ3v) is 3.59. The van der Waals surface area contributed by atoms with Gasteiger partial charge in [-0.05, 0) is 37.1 Å². The van der Waals surface area contributed by atoms with Crippen LogP contribution in [-0.2, 0) is 13.1 Å². The zero-order chi connectivity index (χ0) is 18.8. The molecule has 1 aromatic heterocycles. The van der Waals surface area contributed by atoms with E-state index in [0.717, 1.165) is 33.9 Å². The Morgan fingerprint density at radius 1 is 0.731 bits per heavy atom. The van der Waals surface area contributed by atoms with Crippen LogP contribution >= 0.6 is 20.2 Å². The Morgan fingerprint density at radius 3 is 1.50 bits per heavy atom. The van der Waals surface area contributed by atoms with Crippen molar-refractivity contribution in [2.24, 2.45) is 9.98 Å². The van der Waals surface area contributed by atoms with Crippen molar-refractivity contribution in [1.82, 2.24) is 4.98 Å². The first-order chi connectivity index (χ1) is 12.6. The van der Waals surface area contributed by atoms with Crippen LogP contribution in [0.1, 0.15) is 22.5 Å². The number of aryl methyl sites for hydroxylation is 2. The summed E-state index contributed by atoms with van der Waals surface area (Å²) >= 11 is 0.194. The summed E-state index contributed by atoms with van der Waals surface area (Å²) in [5.74, 6) is 0. The third-order valence-electron chi connectivity index (χ3n) is 3.59. The molecule has 0 fully saturated rings. The minimum atomic E-state index is 0.194. The van der Waals surface area contributed by atoms with Crippen LogP contribution in [0.15, 0.2) is 70.6 Å². The number of rotatable bonds is 4. The molecule has 26 heavy (non-hydrogen) atoms. The number of hydrogen-bond acceptors (Lipinski definition) is 2. The summed E-state index contributed by atoms with van der Waals surface area (Å²) in [6.45, 7) is 4.09. The Balaban J connectivity index is 0.000000758. The molecule has 0 aliphatic heterocycles. The average molecular weight is 427 g/mol. The zero-order valence-electron chi connectivity index (χ0n) is 14.4. The van der Waals surface area contributed by atoms with E-state index >= 15 is 0 Å². The average Bonchev–Trinajstić information content (AvgIpc) is 3.09. The van der Waals surface area contributed by atoms with Gasteiger partial charge in [0, 0.05) is 12.4 Å². The Hall–Kier alpha value is -1.84. The maximum absolute atomic E-state index is 4.76. The molecule has 0 atom stereocenters. The summed E-state index contributed by atoms with van der Waals surface area (Å²) in [5.41, 5.74) is 5.89. The van der Waals surface area contributed by atoms with Crippen LogP contribution < -0.4 is 4.98 Å². The number of aliphatic imine (C=N–C) groups is 2. The Bertz CT molecular complexity index is 818. The molecule has 0 amide bonds. The van der Waals surface area contributed by atoms with Gasteiger partial charge in [0.2, 0.25) is 0 Å². The molecule has 0 spiro atoms. The molecule has 0 aliphatic carbocycles. The molecule has 0 radical (unpaired) electrons. The molecule has 1 heterocycles. The summed E-state index contributed by atoms with van der Waals surface area (Å²) in [6, 6.07) is 20.0. The van der Waals surface area contributed by atoms with Crippen molar-refractivity contribution in [2.75, 3.05) is 0 Å². The second kappa shape index (κ2) is 11.0. The first kappa shape index (κ1) is 20.5. The molecular weight excluding hydrogens is 409 g/mol. The molecule has 0 bridgehead atoms. The Kier molecular flexibility index (Phi) is 8.66. The second-order valence-electron chi connectivity index (χ2n) is 5.43. The Morgan fingerprint density at radius 2 is 1.12 bits per heavy atom. The molecule has 6 heteroatoms. The molecule has 3 aromatic rings. The summed E-state index contributed by atoms with van der Waals surface area (Å²) < 4.78 is 0. The molecule has 3 rings (SSSR count). The van der Waals surface area contributed by atoms with Crippen LogP contribution in [0.4, 0.5) is 11.4 Å². The van der Waals surface area contributed by atoms with E-state index in [1.54, 1.807) is 12.4 Å². The van der Waals surface area contributed by atoms with Crippen molar-refractivity contribution in [3.63, 3.8) is 0 Å². The van der Waals surface area contributed by atoms with Crippen molar-refractivity contribution < 1.29 is 13.1 Å². The van der Waals surface area contributed by atoms with Gasteiger partial charge in [-0.2, -0.15) is 0 Å². The van der Waals surface area contributed by atoms with Gasteiger partial charge in [0.05, 0.1) is 11.4 Å². The van der Waals surface area contributed by atoms with Gasteiger partial charge < -0.3 is 4.98 Å². The van der Waals surface area contributed by atoms with Gasteiger partial charge >= 0.3 is 33.3 Å². The molecule has 3 nitrogen and oxygen atoms in total. The van der Waals surface area contributed by atoms with E-state index in [0.29, 0.717) is 0 Å². The number of para-hydroxylation sites is 2. The first-order valence-electron chi connectivity index (χ1n) is 7.82. The number of halogens is 2. The van der Waals surface area contributed by atoms with Crippen LogP contribution in [0.5, 0.6) is 0 Å². The minimum absolute atomic E-state index is 0.194. The molecule has 0 N–H and O–H groups in total. The number of benzene rings is 2. The quantitative estimate of drug-likeness (QED) is 0.364. The predicted octanol–water partition coefficient (Wildman–Crippen LogP) is 6.14. The van der Waals surface area contributed by atoms with Crippen molar-refractivity contribution in [1.29, 1.82) is 0 Å². The summed E-state index contributed by atoms with van der Waals surface area (Å²) in [6.07, 6.45) is 3.57. The van der Waals surface area contributed by atoms with E-state index in [9.17, 15) is 0 Å². The van der Waals surface area contributed by atoms with E-state index < -0.39 is 0 Å². The van der Waals surface area contributed by atoms with Gasteiger partial charge in [-0.15, -0.1) is 11.4 Å². The van der Waals surface area contributed by atoms with E-state index in [-0.39, 0.29) is 13.1 Å². The van der Waals surface area contributed by atoms with Crippen molar-refractivity contribution in [3.05, 3.63) is 83.2 Å². The third kappa shape index (κ3) is 6.47. The summed E-state index contributed by atoms with van der Waals surface area (Å²) in [5, 5.41) is 0. The number of aromatic nitrogens is 1. The van der Waals surface area contributed by atoms with Gasteiger partial charge in [0.1, 0.15) is 0 Å². The van der Waals surface area contributed by atoms with Crippen molar-refractivity contribution >= 4 is 44.0 Å². The van der Waals surface area contributed by atoms with Crippen LogP contribution in [0.25, 0.3) is 0 Å². The fourth-order valence-corrected chi connectivity index (χ4v) is 2.23. The van der Waals surface area contributed by atoms with Gasteiger partial charge in [-0.3, -0.25) is 9.98 Å². The van der Waals surface area contributed by atoms with Crippen molar-refractivity contribution in [3.8, 4) is 0 Å². The second-order valence-corrected chi connectivity index (χ2v) is 7.26. The van der Waals surface area contributed by atoms with Gasteiger partial charge in [0.15, 0.2) is 0 Å². The standard InChI is InChI=1S/C20H18N3.2ClH.Fe/c1-15-7-3-5-9-19(15)21-13-17-11-12-18(23-17)14-22-20-10-6-4-8-16(20)2;;;/h3-14H,1-2H3;2*1H;/q-1;;;+3/p-2. The zero-order valence-corrected chi connectivity index (χ0v) is 17.0. The van der Waals surface area contributed by atoms with Crippen LogP contribution in [0, 0.1) is 13.8 Å². The summed E-state index contributed by atoms with van der Waals surface area (Å²) in [7, 11) is 9.53. The normalized spacial score (nSPS) is 10.9. The van der Waals surface area contributed by atoms with E-state index in [1.165, 1.54) is 0 Å². The molecule has 0 saturated heterocycles. The van der Waals surface area contributed by atoms with E-state index in [1.807, 2.05) is 74.5 Å². The topological polar surface area (TPSA) is 38.8 Å². The van der Waals surface area contributed by atoms with Crippen molar-refractivity contribution in [2.45, 2.75) is 13.8 Å². The number of hydrogen-bond donors (Lipinski definition) is 0. The molecule has 0 unspecified atom stereocenters. The first-order valence-corrected chi connectivity index (χ1v) is 10.9. The fraction of sp³-hybridized carbons (Fsp3) is 0.100. The van der Waals surface area contributed by atoms with Crippen LogP contribution in [0.3, 0.4) is 0 Å². The van der Waals surface area contributed by atoms with Gasteiger partial charge in [-0.1, -0.05) is 48.5 Å². The molecular formula is C20H18Cl2FeN3. The number of nitrogens with zero attached hydrogens (tertiary/aromatic N) is 3.